The van der Waals surface area contributed by atoms with E-state index in [0.29, 0.717) is 12.8 Å². The maximum absolute atomic E-state index is 11.7. The fourth-order valence-electron chi connectivity index (χ4n) is 1.00. The molecule has 18 heavy (non-hydrogen) atoms. The van der Waals surface area contributed by atoms with Gasteiger partial charge in [0.1, 0.15) is 0 Å². The van der Waals surface area contributed by atoms with Crippen LogP contribution in [0, 0.1) is 5.41 Å². The fourth-order valence-corrected chi connectivity index (χ4v) is 1.00. The van der Waals surface area contributed by atoms with Crippen molar-refractivity contribution in [2.75, 3.05) is 0 Å². The van der Waals surface area contributed by atoms with Crippen LogP contribution in [0.4, 0.5) is 0 Å². The molecule has 0 aromatic carbocycles. The smallest absolute Gasteiger partial charge is 0.384 e. The molecule has 0 saturated heterocycles. The highest BCUT2D eigenvalue weighted by Crippen LogP contribution is 2.26. The van der Waals surface area contributed by atoms with Crippen LogP contribution in [0.1, 0.15) is 47.0 Å². The molecule has 0 saturated carbocycles. The third-order valence-corrected chi connectivity index (χ3v) is 2.90. The Morgan fingerprint density at radius 2 is 1.33 bits per heavy atom. The summed E-state index contributed by atoms with van der Waals surface area (Å²) in [5.74, 6) is -4.57. The monoisotopic (exact) mass is 258 g/mol. The van der Waals surface area contributed by atoms with E-state index in [9.17, 15) is 19.2 Å². The molecule has 0 N–H and O–H groups in total. The summed E-state index contributed by atoms with van der Waals surface area (Å²) in [4.78, 5) is 44.7. The molecule has 0 unspecified atom stereocenters. The van der Waals surface area contributed by atoms with E-state index in [0.717, 1.165) is 0 Å². The first-order valence-electron chi connectivity index (χ1n) is 5.81. The summed E-state index contributed by atoms with van der Waals surface area (Å²) in [6.07, 6.45) is 0.895. The van der Waals surface area contributed by atoms with Crippen molar-refractivity contribution >= 4 is 23.9 Å². The highest BCUT2D eigenvalue weighted by molar-refractivity contribution is 6.33. The SMILES string of the molecule is CCC(=O)OC(=O)C(=O)OC(=O)C(C)(CC)CC. The molecule has 0 rings (SSSR count). The highest BCUT2D eigenvalue weighted by atomic mass is 16.6. The van der Waals surface area contributed by atoms with Crippen molar-refractivity contribution in [1.82, 2.24) is 0 Å². The minimum Gasteiger partial charge on any atom is -0.384 e. The molecule has 6 heteroatoms. The standard InChI is InChI=1S/C12H18O6/c1-5-8(13)17-9(14)10(15)18-11(16)12(4,6-2)7-3/h5-7H2,1-4H3. The molecule has 0 fully saturated rings. The van der Waals surface area contributed by atoms with Gasteiger partial charge in [-0.1, -0.05) is 20.8 Å². The minimum atomic E-state index is -1.47. The molecular weight excluding hydrogens is 240 g/mol. The molecule has 0 aromatic rings. The van der Waals surface area contributed by atoms with E-state index in [1.807, 2.05) is 0 Å². The average molecular weight is 258 g/mol. The van der Waals surface area contributed by atoms with Crippen molar-refractivity contribution in [1.29, 1.82) is 0 Å². The van der Waals surface area contributed by atoms with Gasteiger partial charge in [-0.15, -0.1) is 0 Å². The lowest BCUT2D eigenvalue weighted by molar-refractivity contribution is -0.180. The van der Waals surface area contributed by atoms with Crippen molar-refractivity contribution in [2.45, 2.75) is 47.0 Å². The van der Waals surface area contributed by atoms with Crippen molar-refractivity contribution in [3.63, 3.8) is 0 Å². The van der Waals surface area contributed by atoms with Gasteiger partial charge in [0, 0.05) is 6.42 Å². The second kappa shape index (κ2) is 6.88. The Labute approximate surface area is 106 Å². The van der Waals surface area contributed by atoms with Crippen LogP contribution < -0.4 is 0 Å². The molecule has 0 bridgehead atoms. The quantitative estimate of drug-likeness (QED) is 0.430. The van der Waals surface area contributed by atoms with Gasteiger partial charge in [-0.25, -0.2) is 9.59 Å². The Morgan fingerprint density at radius 3 is 1.72 bits per heavy atom. The van der Waals surface area contributed by atoms with E-state index >= 15 is 0 Å². The van der Waals surface area contributed by atoms with Crippen LogP contribution in [0.5, 0.6) is 0 Å². The lowest BCUT2D eigenvalue weighted by atomic mass is 9.85. The Hall–Kier alpha value is -1.72. The van der Waals surface area contributed by atoms with Crippen molar-refractivity contribution < 1.29 is 28.7 Å². The zero-order valence-electron chi connectivity index (χ0n) is 11.1. The van der Waals surface area contributed by atoms with Gasteiger partial charge >= 0.3 is 23.9 Å². The van der Waals surface area contributed by atoms with Gasteiger partial charge in [-0.05, 0) is 19.8 Å². The molecule has 102 valence electrons. The lowest BCUT2D eigenvalue weighted by Gasteiger charge is -2.22. The Kier molecular flexibility index (Phi) is 6.22. The predicted octanol–water partition coefficient (Wildman–Crippen LogP) is 1.36. The van der Waals surface area contributed by atoms with E-state index in [1.54, 1.807) is 20.8 Å². The van der Waals surface area contributed by atoms with Crippen LogP contribution in [-0.4, -0.2) is 23.9 Å². The number of hydrogen-bond donors (Lipinski definition) is 0. The summed E-state index contributed by atoms with van der Waals surface area (Å²) in [5.41, 5.74) is -0.829. The van der Waals surface area contributed by atoms with E-state index in [-0.39, 0.29) is 6.42 Å². The third-order valence-electron chi connectivity index (χ3n) is 2.90. The summed E-state index contributed by atoms with van der Waals surface area (Å²) in [7, 11) is 0. The van der Waals surface area contributed by atoms with Crippen LogP contribution in [0.3, 0.4) is 0 Å². The van der Waals surface area contributed by atoms with Crippen molar-refractivity contribution in [2.24, 2.45) is 5.41 Å². The normalized spacial score (nSPS) is 10.7. The summed E-state index contributed by atoms with van der Waals surface area (Å²) in [6, 6.07) is 0. The molecule has 0 spiro atoms. The van der Waals surface area contributed by atoms with Gasteiger partial charge in [0.05, 0.1) is 5.41 Å². The molecule has 6 nitrogen and oxygen atoms in total. The number of carbonyl (C=O) groups excluding carboxylic acids is 4. The van der Waals surface area contributed by atoms with E-state index in [1.165, 1.54) is 6.92 Å². The maximum atomic E-state index is 11.7. The summed E-state index contributed by atoms with van der Waals surface area (Å²) in [6.45, 7) is 6.64. The summed E-state index contributed by atoms with van der Waals surface area (Å²) < 4.78 is 8.54. The number of esters is 4. The topological polar surface area (TPSA) is 86.7 Å². The molecule has 0 aliphatic rings. The number of rotatable bonds is 4. The van der Waals surface area contributed by atoms with Gasteiger partial charge in [0.25, 0.3) is 0 Å². The number of carbonyl (C=O) groups is 4. The van der Waals surface area contributed by atoms with E-state index < -0.39 is 29.3 Å². The zero-order valence-corrected chi connectivity index (χ0v) is 11.1. The van der Waals surface area contributed by atoms with Crippen molar-refractivity contribution in [3.8, 4) is 0 Å². The molecule has 0 aliphatic heterocycles. The predicted molar refractivity (Wildman–Crippen MR) is 61.2 cm³/mol. The van der Waals surface area contributed by atoms with Crippen LogP contribution >= 0.6 is 0 Å². The summed E-state index contributed by atoms with van der Waals surface area (Å²) >= 11 is 0. The Morgan fingerprint density at radius 1 is 0.889 bits per heavy atom. The second-order valence-corrected chi connectivity index (χ2v) is 4.06. The number of ether oxygens (including phenoxy) is 2. The van der Waals surface area contributed by atoms with Gasteiger partial charge in [-0.2, -0.15) is 0 Å². The van der Waals surface area contributed by atoms with Gasteiger partial charge in [0.2, 0.25) is 0 Å². The van der Waals surface area contributed by atoms with E-state index in [2.05, 4.69) is 9.47 Å². The molecule has 0 amide bonds. The average Bonchev–Trinajstić information content (AvgIpc) is 2.36. The maximum Gasteiger partial charge on any atom is 0.425 e. The first-order chi connectivity index (χ1) is 8.30. The van der Waals surface area contributed by atoms with Crippen LogP contribution in [0.2, 0.25) is 0 Å². The van der Waals surface area contributed by atoms with Crippen LogP contribution in [0.25, 0.3) is 0 Å². The summed E-state index contributed by atoms with van der Waals surface area (Å²) in [5, 5.41) is 0. The minimum absolute atomic E-state index is 0.0470. The largest absolute Gasteiger partial charge is 0.425 e. The molecular formula is C12H18O6. The molecule has 0 atom stereocenters. The van der Waals surface area contributed by atoms with E-state index in [4.69, 9.17) is 0 Å². The van der Waals surface area contributed by atoms with Gasteiger partial charge in [0.15, 0.2) is 0 Å². The lowest BCUT2D eigenvalue weighted by Crippen LogP contribution is -2.34. The highest BCUT2D eigenvalue weighted by Gasteiger charge is 2.35. The fraction of sp³-hybridized carbons (Fsp3) is 0.667. The second-order valence-electron chi connectivity index (χ2n) is 4.06. The first kappa shape index (κ1) is 16.3. The van der Waals surface area contributed by atoms with Gasteiger partial charge < -0.3 is 9.47 Å². The zero-order chi connectivity index (χ0) is 14.3. The molecule has 0 heterocycles. The number of hydrogen-bond acceptors (Lipinski definition) is 6. The van der Waals surface area contributed by atoms with Crippen LogP contribution in [-0.2, 0) is 28.7 Å². The van der Waals surface area contributed by atoms with Gasteiger partial charge in [-0.3, -0.25) is 9.59 Å². The Balaban J connectivity index is 4.53. The molecule has 0 aromatic heterocycles. The molecule has 0 radical (unpaired) electrons. The van der Waals surface area contributed by atoms with Crippen LogP contribution in [0.15, 0.2) is 0 Å². The third kappa shape index (κ3) is 4.27. The molecule has 0 aliphatic carbocycles. The first-order valence-corrected chi connectivity index (χ1v) is 5.81. The Bertz CT molecular complexity index is 354. The van der Waals surface area contributed by atoms with Crippen molar-refractivity contribution in [3.05, 3.63) is 0 Å².